The van der Waals surface area contributed by atoms with Crippen LogP contribution in [0.15, 0.2) is 60.8 Å². The van der Waals surface area contributed by atoms with Gasteiger partial charge in [-0.3, -0.25) is 9.36 Å². The maximum atomic E-state index is 12.8. The molecule has 3 rings (SSSR count). The maximum absolute atomic E-state index is 12.8. The smallest absolute Gasteiger partial charge is 0.338 e. The molecule has 0 aliphatic carbocycles. The summed E-state index contributed by atoms with van der Waals surface area (Å²) in [6, 6.07) is 16.3. The first-order chi connectivity index (χ1) is 13.7. The van der Waals surface area contributed by atoms with Crippen molar-refractivity contribution in [2.75, 3.05) is 6.61 Å². The number of benzene rings is 2. The van der Waals surface area contributed by atoms with E-state index in [0.29, 0.717) is 23.3 Å². The molecule has 0 amide bonds. The molecule has 0 aliphatic rings. The van der Waals surface area contributed by atoms with Gasteiger partial charge in [0.05, 0.1) is 17.7 Å². The van der Waals surface area contributed by atoms with Crippen LogP contribution >= 0.6 is 0 Å². The van der Waals surface area contributed by atoms with Gasteiger partial charge in [0.2, 0.25) is 0 Å². The molecule has 28 heavy (non-hydrogen) atoms. The van der Waals surface area contributed by atoms with Crippen molar-refractivity contribution in [3.8, 4) is 0 Å². The second kappa shape index (κ2) is 9.88. The van der Waals surface area contributed by atoms with E-state index in [2.05, 4.69) is 6.92 Å². The molecule has 1 heterocycles. The summed E-state index contributed by atoms with van der Waals surface area (Å²) in [5, 5.41) is 0.736. The molecule has 0 aliphatic heterocycles. The van der Waals surface area contributed by atoms with Crippen molar-refractivity contribution in [2.24, 2.45) is 0 Å². The van der Waals surface area contributed by atoms with Crippen molar-refractivity contribution in [1.82, 2.24) is 4.57 Å². The van der Waals surface area contributed by atoms with Gasteiger partial charge in [-0.15, -0.1) is 0 Å². The van der Waals surface area contributed by atoms with E-state index in [4.69, 9.17) is 4.74 Å². The van der Waals surface area contributed by atoms with Crippen LogP contribution in [0.4, 0.5) is 0 Å². The lowest BCUT2D eigenvalue weighted by Gasteiger charge is -2.07. The van der Waals surface area contributed by atoms with Crippen LogP contribution < -0.4 is 0 Å². The van der Waals surface area contributed by atoms with Crippen LogP contribution in [0.1, 0.15) is 66.2 Å². The monoisotopic (exact) mass is 377 g/mol. The van der Waals surface area contributed by atoms with Crippen LogP contribution in [-0.2, 0) is 4.74 Å². The fourth-order valence-corrected chi connectivity index (χ4v) is 3.37. The van der Waals surface area contributed by atoms with Gasteiger partial charge in [-0.2, -0.15) is 0 Å². The number of esters is 1. The predicted molar refractivity (Wildman–Crippen MR) is 112 cm³/mol. The van der Waals surface area contributed by atoms with Crippen LogP contribution in [0, 0.1) is 0 Å². The second-order valence-electron chi connectivity index (χ2n) is 7.00. The average Bonchev–Trinajstić information content (AvgIpc) is 3.17. The van der Waals surface area contributed by atoms with Crippen LogP contribution in [0.25, 0.3) is 10.9 Å². The first-order valence-corrected chi connectivity index (χ1v) is 10.1. The quantitative estimate of drug-likeness (QED) is 0.347. The standard InChI is InChI=1S/C24H27NO3/c1-2-3-4-5-6-10-18-28-24(27)21-14-11-15-22-20(21)16-17-25(22)23(26)19-12-8-7-9-13-19/h7-9,11-17H,2-6,10,18H2,1H3. The van der Waals surface area contributed by atoms with Gasteiger partial charge < -0.3 is 4.74 Å². The van der Waals surface area contributed by atoms with Gasteiger partial charge in [-0.25, -0.2) is 4.79 Å². The van der Waals surface area contributed by atoms with E-state index in [0.717, 1.165) is 18.2 Å². The fraction of sp³-hybridized carbons (Fsp3) is 0.333. The Morgan fingerprint density at radius 1 is 0.857 bits per heavy atom. The van der Waals surface area contributed by atoms with Gasteiger partial charge in [0.1, 0.15) is 0 Å². The summed E-state index contributed by atoms with van der Waals surface area (Å²) in [6.07, 6.45) is 8.60. The minimum Gasteiger partial charge on any atom is -0.462 e. The SMILES string of the molecule is CCCCCCCCOC(=O)c1cccc2c1ccn2C(=O)c1ccccc1. The zero-order valence-corrected chi connectivity index (χ0v) is 16.4. The number of unbranched alkanes of at least 4 members (excludes halogenated alkanes) is 5. The summed E-state index contributed by atoms with van der Waals surface area (Å²) < 4.78 is 7.04. The lowest BCUT2D eigenvalue weighted by molar-refractivity contribution is 0.0500. The van der Waals surface area contributed by atoms with Crippen molar-refractivity contribution in [1.29, 1.82) is 0 Å². The molecule has 0 atom stereocenters. The number of aromatic nitrogens is 1. The minimum absolute atomic E-state index is 0.117. The molecule has 1 aromatic heterocycles. The van der Waals surface area contributed by atoms with E-state index in [1.165, 1.54) is 25.7 Å². The number of nitrogens with zero attached hydrogens (tertiary/aromatic N) is 1. The normalized spacial score (nSPS) is 10.9. The second-order valence-corrected chi connectivity index (χ2v) is 7.00. The van der Waals surface area contributed by atoms with E-state index < -0.39 is 0 Å². The molecule has 0 unspecified atom stereocenters. The van der Waals surface area contributed by atoms with E-state index in [-0.39, 0.29) is 11.9 Å². The van der Waals surface area contributed by atoms with Crippen molar-refractivity contribution < 1.29 is 14.3 Å². The highest BCUT2D eigenvalue weighted by atomic mass is 16.5. The number of ether oxygens (including phenoxy) is 1. The molecule has 146 valence electrons. The largest absolute Gasteiger partial charge is 0.462 e. The zero-order chi connectivity index (χ0) is 19.8. The molecule has 0 spiro atoms. The van der Waals surface area contributed by atoms with Gasteiger partial charge >= 0.3 is 5.97 Å². The molecular weight excluding hydrogens is 350 g/mol. The number of hydrogen-bond donors (Lipinski definition) is 0. The van der Waals surface area contributed by atoms with Crippen LogP contribution in [-0.4, -0.2) is 23.1 Å². The summed E-state index contributed by atoms with van der Waals surface area (Å²) >= 11 is 0. The Hall–Kier alpha value is -2.88. The Bertz CT molecular complexity index is 927. The highest BCUT2D eigenvalue weighted by molar-refractivity contribution is 6.08. The van der Waals surface area contributed by atoms with E-state index >= 15 is 0 Å². The number of carbonyl (C=O) groups excluding carboxylic acids is 2. The van der Waals surface area contributed by atoms with Crippen molar-refractivity contribution in [3.05, 3.63) is 71.9 Å². The van der Waals surface area contributed by atoms with Gasteiger partial charge in [0, 0.05) is 17.1 Å². The molecule has 0 N–H and O–H groups in total. The molecule has 0 bridgehead atoms. The molecule has 0 saturated carbocycles. The molecule has 0 radical (unpaired) electrons. The number of hydrogen-bond acceptors (Lipinski definition) is 3. The first kappa shape index (κ1) is 19.9. The summed E-state index contributed by atoms with van der Waals surface area (Å²) in [7, 11) is 0. The van der Waals surface area contributed by atoms with Gasteiger partial charge in [-0.1, -0.05) is 63.3 Å². The zero-order valence-electron chi connectivity index (χ0n) is 16.4. The first-order valence-electron chi connectivity index (χ1n) is 10.1. The molecule has 4 nitrogen and oxygen atoms in total. The summed E-state index contributed by atoms with van der Waals surface area (Å²) in [4.78, 5) is 25.3. The van der Waals surface area contributed by atoms with E-state index in [1.807, 2.05) is 24.3 Å². The summed E-state index contributed by atoms with van der Waals surface area (Å²) in [5.41, 5.74) is 1.82. The average molecular weight is 377 g/mol. The Morgan fingerprint density at radius 2 is 1.61 bits per heavy atom. The van der Waals surface area contributed by atoms with Crippen molar-refractivity contribution >= 4 is 22.8 Å². The molecule has 4 heteroatoms. The fourth-order valence-electron chi connectivity index (χ4n) is 3.37. The highest BCUT2D eigenvalue weighted by Gasteiger charge is 2.16. The van der Waals surface area contributed by atoms with E-state index in [1.54, 1.807) is 41.1 Å². The minimum atomic E-state index is -0.330. The lowest BCUT2D eigenvalue weighted by Crippen LogP contribution is -2.11. The van der Waals surface area contributed by atoms with Gasteiger partial charge in [0.25, 0.3) is 5.91 Å². The Morgan fingerprint density at radius 3 is 2.39 bits per heavy atom. The topological polar surface area (TPSA) is 48.3 Å². The van der Waals surface area contributed by atoms with Crippen LogP contribution in [0.5, 0.6) is 0 Å². The molecule has 0 fully saturated rings. The third kappa shape index (κ3) is 4.69. The Kier molecular flexibility index (Phi) is 7.01. The molecule has 3 aromatic rings. The number of fused-ring (bicyclic) bond motifs is 1. The third-order valence-corrected chi connectivity index (χ3v) is 4.92. The van der Waals surface area contributed by atoms with Gasteiger partial charge in [0.15, 0.2) is 0 Å². The van der Waals surface area contributed by atoms with Gasteiger partial charge in [-0.05, 0) is 36.8 Å². The third-order valence-electron chi connectivity index (χ3n) is 4.92. The summed E-state index contributed by atoms with van der Waals surface area (Å²) in [5.74, 6) is -0.447. The highest BCUT2D eigenvalue weighted by Crippen LogP contribution is 2.22. The number of rotatable bonds is 9. The Labute approximate surface area is 166 Å². The predicted octanol–water partition coefficient (Wildman–Crippen LogP) is 5.85. The van der Waals surface area contributed by atoms with Crippen molar-refractivity contribution in [2.45, 2.75) is 45.4 Å². The van der Waals surface area contributed by atoms with Crippen LogP contribution in [0.2, 0.25) is 0 Å². The van der Waals surface area contributed by atoms with E-state index in [9.17, 15) is 9.59 Å². The molecule has 2 aromatic carbocycles. The maximum Gasteiger partial charge on any atom is 0.338 e. The lowest BCUT2D eigenvalue weighted by atomic mass is 10.1. The van der Waals surface area contributed by atoms with Crippen LogP contribution in [0.3, 0.4) is 0 Å². The van der Waals surface area contributed by atoms with Crippen molar-refractivity contribution in [3.63, 3.8) is 0 Å². The Balaban J connectivity index is 1.67. The number of carbonyl (C=O) groups is 2. The summed E-state index contributed by atoms with van der Waals surface area (Å²) in [6.45, 7) is 2.63. The molecule has 0 saturated heterocycles. The molecular formula is C24H27NO3.